The molecular weight excluding hydrogens is 731 g/mol. The van der Waals surface area contributed by atoms with Gasteiger partial charge in [0.05, 0.1) is 22.1 Å². The molecule has 0 radical (unpaired) electrons. The van der Waals surface area contributed by atoms with E-state index in [0.29, 0.717) is 17.6 Å². The number of hydrogen-bond acceptors (Lipinski definition) is 3. The first-order chi connectivity index (χ1) is 29.7. The van der Waals surface area contributed by atoms with Crippen LogP contribution in [0.25, 0.3) is 122 Å². The van der Waals surface area contributed by atoms with Gasteiger partial charge in [-0.15, -0.1) is 0 Å². The van der Waals surface area contributed by atoms with Gasteiger partial charge in [-0.05, 0) is 86.3 Å². The summed E-state index contributed by atoms with van der Waals surface area (Å²) in [4.78, 5) is 15.4. The van der Waals surface area contributed by atoms with Crippen molar-refractivity contribution in [2.75, 3.05) is 0 Å². The van der Waals surface area contributed by atoms with E-state index in [1.807, 2.05) is 36.4 Å². The van der Waals surface area contributed by atoms with Gasteiger partial charge in [-0.2, -0.15) is 9.97 Å². The highest BCUT2D eigenvalue weighted by atomic mass is 15.2. The molecule has 278 valence electrons. The Labute approximate surface area is 344 Å². The summed E-state index contributed by atoms with van der Waals surface area (Å²) in [6.45, 7) is 0. The highest BCUT2D eigenvalue weighted by molar-refractivity contribution is 6.28. The highest BCUT2D eigenvalue weighted by Gasteiger charge is 2.23. The molecule has 0 unspecified atom stereocenters. The van der Waals surface area contributed by atoms with Crippen LogP contribution in [0.5, 0.6) is 0 Å². The predicted molar refractivity (Wildman–Crippen MR) is 248 cm³/mol. The van der Waals surface area contributed by atoms with Crippen LogP contribution in [0.4, 0.5) is 0 Å². The maximum atomic E-state index is 5.19. The fourth-order valence-corrected chi connectivity index (χ4v) is 9.61. The molecule has 0 aliphatic heterocycles. The predicted octanol–water partition coefficient (Wildman–Crippen LogP) is 13.9. The third-order valence-electron chi connectivity index (χ3n) is 12.3. The minimum atomic E-state index is 0.593. The van der Waals surface area contributed by atoms with Gasteiger partial charge in [-0.25, -0.2) is 4.98 Å². The van der Waals surface area contributed by atoms with Crippen LogP contribution < -0.4 is 0 Å². The Kier molecular flexibility index (Phi) is 6.95. The molecule has 0 N–H and O–H groups in total. The van der Waals surface area contributed by atoms with Crippen molar-refractivity contribution >= 4 is 65.2 Å². The molecule has 0 aliphatic rings. The summed E-state index contributed by atoms with van der Waals surface area (Å²) < 4.78 is 4.67. The van der Waals surface area contributed by atoms with E-state index < -0.39 is 0 Å². The average Bonchev–Trinajstić information content (AvgIpc) is 3.85. The Morgan fingerprint density at radius 1 is 0.300 bits per heavy atom. The van der Waals surface area contributed by atoms with Crippen molar-refractivity contribution in [2.45, 2.75) is 0 Å². The molecule has 3 aromatic heterocycles. The lowest BCUT2D eigenvalue weighted by Crippen LogP contribution is -2.06. The number of nitrogens with zero attached hydrogens (tertiary/aromatic N) is 5. The number of benzene rings is 10. The summed E-state index contributed by atoms with van der Waals surface area (Å²) in [5.74, 6) is 1.87. The SMILES string of the molecule is c1ccc(-c2ccc(-n3c4cccc5ccc6cc(-c7ccc8c9c7ccc7cccc(c79)n8-c7nc(-c8ccccc8)nc(-c8ccccc8)n7)cc3c6c54)cc2)cc1. The molecule has 0 saturated carbocycles. The molecule has 5 nitrogen and oxygen atoms in total. The van der Waals surface area contributed by atoms with Crippen molar-refractivity contribution in [3.63, 3.8) is 0 Å². The molecule has 0 bridgehead atoms. The minimum absolute atomic E-state index is 0.593. The molecule has 0 atom stereocenters. The van der Waals surface area contributed by atoms with Crippen molar-refractivity contribution < 1.29 is 0 Å². The second kappa shape index (κ2) is 12.7. The van der Waals surface area contributed by atoms with Gasteiger partial charge >= 0.3 is 0 Å². The number of rotatable bonds is 6. The molecule has 5 heteroatoms. The molecule has 0 fully saturated rings. The van der Waals surface area contributed by atoms with Crippen LogP contribution in [0.15, 0.2) is 200 Å². The van der Waals surface area contributed by atoms with Crippen molar-refractivity contribution in [1.82, 2.24) is 24.1 Å². The Morgan fingerprint density at radius 3 is 1.50 bits per heavy atom. The topological polar surface area (TPSA) is 48.5 Å². The zero-order valence-electron chi connectivity index (χ0n) is 32.3. The van der Waals surface area contributed by atoms with Crippen molar-refractivity contribution in [3.05, 3.63) is 200 Å². The summed E-state index contributed by atoms with van der Waals surface area (Å²) in [5, 5.41) is 9.85. The molecule has 0 spiro atoms. The van der Waals surface area contributed by atoms with E-state index in [0.717, 1.165) is 27.8 Å². The van der Waals surface area contributed by atoms with Crippen LogP contribution in [0.2, 0.25) is 0 Å². The highest BCUT2D eigenvalue weighted by Crippen LogP contribution is 2.45. The first kappa shape index (κ1) is 32.9. The molecule has 10 aromatic carbocycles. The lowest BCUT2D eigenvalue weighted by molar-refractivity contribution is 0.954. The van der Waals surface area contributed by atoms with E-state index in [9.17, 15) is 0 Å². The smallest absolute Gasteiger partial charge is 0.238 e. The van der Waals surface area contributed by atoms with Crippen LogP contribution >= 0.6 is 0 Å². The van der Waals surface area contributed by atoms with Crippen molar-refractivity contribution in [3.8, 4) is 56.7 Å². The largest absolute Gasteiger partial charge is 0.309 e. The summed E-state index contributed by atoms with van der Waals surface area (Å²) in [7, 11) is 0. The van der Waals surface area contributed by atoms with Gasteiger partial charge < -0.3 is 4.57 Å². The lowest BCUT2D eigenvalue weighted by Gasteiger charge is -2.13. The molecule has 0 aliphatic carbocycles. The molecule has 0 amide bonds. The van der Waals surface area contributed by atoms with E-state index in [1.54, 1.807) is 0 Å². The third kappa shape index (κ3) is 4.84. The van der Waals surface area contributed by atoms with Crippen molar-refractivity contribution in [1.29, 1.82) is 0 Å². The van der Waals surface area contributed by atoms with Gasteiger partial charge in [0.1, 0.15) is 0 Å². The van der Waals surface area contributed by atoms with Crippen LogP contribution in [-0.2, 0) is 0 Å². The monoisotopic (exact) mass is 763 g/mol. The Hall–Kier alpha value is -8.15. The van der Waals surface area contributed by atoms with E-state index in [1.165, 1.54) is 76.4 Å². The van der Waals surface area contributed by atoms with E-state index >= 15 is 0 Å². The molecule has 13 rings (SSSR count). The second-order valence-electron chi connectivity index (χ2n) is 15.6. The Balaban J connectivity index is 1.05. The van der Waals surface area contributed by atoms with Gasteiger partial charge in [0.2, 0.25) is 5.95 Å². The summed E-state index contributed by atoms with van der Waals surface area (Å²) in [6.07, 6.45) is 0. The number of aromatic nitrogens is 5. The number of hydrogen-bond donors (Lipinski definition) is 0. The van der Waals surface area contributed by atoms with E-state index in [2.05, 4.69) is 173 Å². The van der Waals surface area contributed by atoms with Gasteiger partial charge in [-0.3, -0.25) is 4.57 Å². The van der Waals surface area contributed by atoms with Gasteiger partial charge in [0.25, 0.3) is 0 Å². The maximum Gasteiger partial charge on any atom is 0.238 e. The van der Waals surface area contributed by atoms with E-state index in [4.69, 9.17) is 15.0 Å². The maximum absolute atomic E-state index is 5.19. The molecule has 60 heavy (non-hydrogen) atoms. The van der Waals surface area contributed by atoms with E-state index in [-0.39, 0.29) is 0 Å². The van der Waals surface area contributed by atoms with Crippen LogP contribution in [0.3, 0.4) is 0 Å². The van der Waals surface area contributed by atoms with Crippen LogP contribution in [0.1, 0.15) is 0 Å². The zero-order valence-corrected chi connectivity index (χ0v) is 32.3. The van der Waals surface area contributed by atoms with Gasteiger partial charge in [0, 0.05) is 38.4 Å². The van der Waals surface area contributed by atoms with Gasteiger partial charge in [-0.1, -0.05) is 158 Å². The molecule has 0 saturated heterocycles. The lowest BCUT2D eigenvalue weighted by atomic mass is 9.92. The van der Waals surface area contributed by atoms with Gasteiger partial charge in [0.15, 0.2) is 11.6 Å². The summed E-state index contributed by atoms with van der Waals surface area (Å²) in [5.41, 5.74) is 12.3. The Bertz CT molecular complexity index is 3680. The molecular formula is C55H33N5. The quantitative estimate of drug-likeness (QED) is 0.158. The summed E-state index contributed by atoms with van der Waals surface area (Å²) in [6, 6.07) is 71.6. The van der Waals surface area contributed by atoms with Crippen LogP contribution in [-0.4, -0.2) is 24.1 Å². The fraction of sp³-hybridized carbons (Fsp3) is 0. The summed E-state index contributed by atoms with van der Waals surface area (Å²) >= 11 is 0. The first-order valence-corrected chi connectivity index (χ1v) is 20.4. The normalized spacial score (nSPS) is 12.0. The Morgan fingerprint density at radius 2 is 0.833 bits per heavy atom. The minimum Gasteiger partial charge on any atom is -0.309 e. The molecule has 3 heterocycles. The van der Waals surface area contributed by atoms with Crippen molar-refractivity contribution in [2.24, 2.45) is 0 Å². The molecule has 13 aromatic rings. The third-order valence-corrected chi connectivity index (χ3v) is 12.3. The zero-order chi connectivity index (χ0) is 39.3. The average molecular weight is 764 g/mol. The first-order valence-electron chi connectivity index (χ1n) is 20.4. The standard InChI is InChI=1S/C55H33N5/c1-4-12-34(13-5-1)35-24-27-42(28-25-35)59-45-20-10-18-36-22-23-40-32-41(33-48(59)51(40)49(36)45)43-30-31-47-52-44(43)29-26-37-19-11-21-46(50(37)52)60(47)55-57-53(38-14-6-2-7-15-38)56-54(58-55)39-16-8-3-9-17-39/h1-33H. The fourth-order valence-electron chi connectivity index (χ4n) is 9.61. The van der Waals surface area contributed by atoms with Crippen LogP contribution in [0, 0.1) is 0 Å². The second-order valence-corrected chi connectivity index (χ2v) is 15.6.